The molecule has 0 bridgehead atoms. The molecule has 7 nitrogen and oxygen atoms in total. The van der Waals surface area contributed by atoms with E-state index in [1.807, 2.05) is 0 Å². The zero-order valence-electron chi connectivity index (χ0n) is 12.4. The summed E-state index contributed by atoms with van der Waals surface area (Å²) in [5.41, 5.74) is 5.29. The number of hydrogen-bond acceptors (Lipinski definition) is 4. The number of carbonyl (C=O) groups excluding carboxylic acids is 3. The van der Waals surface area contributed by atoms with Crippen molar-refractivity contribution < 1.29 is 19.1 Å². The molecule has 2 aliphatic heterocycles. The molecular weight excluding hydrogens is 274 g/mol. The molecule has 7 heteroatoms. The Morgan fingerprint density at radius 3 is 2.19 bits per heavy atom. The lowest BCUT2D eigenvalue weighted by atomic mass is 9.93. The van der Waals surface area contributed by atoms with Gasteiger partial charge in [0.25, 0.3) is 0 Å². The second kappa shape index (κ2) is 6.78. The predicted octanol–water partition coefficient (Wildman–Crippen LogP) is 0.189. The second-order valence-electron chi connectivity index (χ2n) is 5.77. The summed E-state index contributed by atoms with van der Waals surface area (Å²) in [6.45, 7) is 2.08. The Morgan fingerprint density at radius 2 is 1.57 bits per heavy atom. The fraction of sp³-hybridized carbons (Fsp3) is 0.786. The van der Waals surface area contributed by atoms with Crippen LogP contribution in [0.3, 0.4) is 0 Å². The van der Waals surface area contributed by atoms with Gasteiger partial charge in [-0.1, -0.05) is 0 Å². The Morgan fingerprint density at radius 1 is 1.00 bits per heavy atom. The van der Waals surface area contributed by atoms with Crippen LogP contribution in [0, 0.1) is 11.8 Å². The number of likely N-dealkylation sites (tertiary alicyclic amines) is 2. The van der Waals surface area contributed by atoms with Gasteiger partial charge in [-0.25, -0.2) is 4.79 Å². The van der Waals surface area contributed by atoms with Gasteiger partial charge in [0.05, 0.1) is 18.9 Å². The monoisotopic (exact) mass is 297 g/mol. The van der Waals surface area contributed by atoms with E-state index in [0.29, 0.717) is 26.2 Å². The number of amides is 3. The van der Waals surface area contributed by atoms with Crippen LogP contribution in [0.5, 0.6) is 0 Å². The van der Waals surface area contributed by atoms with Crippen LogP contribution in [0.15, 0.2) is 0 Å². The average Bonchev–Trinajstić information content (AvgIpc) is 2.53. The van der Waals surface area contributed by atoms with E-state index in [1.54, 1.807) is 4.90 Å². The van der Waals surface area contributed by atoms with Crippen LogP contribution in [0.2, 0.25) is 0 Å². The van der Waals surface area contributed by atoms with Crippen LogP contribution in [0.1, 0.15) is 25.7 Å². The van der Waals surface area contributed by atoms with Crippen molar-refractivity contribution in [1.29, 1.82) is 0 Å². The first-order chi connectivity index (χ1) is 10.0. The minimum absolute atomic E-state index is 0.0227. The van der Waals surface area contributed by atoms with E-state index < -0.39 is 6.03 Å². The Labute approximate surface area is 124 Å². The molecule has 2 fully saturated rings. The Kier molecular flexibility index (Phi) is 5.03. The summed E-state index contributed by atoms with van der Waals surface area (Å²) >= 11 is 0. The molecule has 2 atom stereocenters. The largest absolute Gasteiger partial charge is 0.469 e. The van der Waals surface area contributed by atoms with Crippen molar-refractivity contribution in [1.82, 2.24) is 9.80 Å². The van der Waals surface area contributed by atoms with Crippen molar-refractivity contribution in [2.75, 3.05) is 33.3 Å². The first kappa shape index (κ1) is 15.6. The van der Waals surface area contributed by atoms with E-state index in [1.165, 1.54) is 12.0 Å². The number of piperidine rings is 2. The summed E-state index contributed by atoms with van der Waals surface area (Å²) in [5, 5.41) is 0. The molecule has 2 saturated heterocycles. The van der Waals surface area contributed by atoms with Crippen molar-refractivity contribution in [2.45, 2.75) is 25.7 Å². The highest BCUT2D eigenvalue weighted by atomic mass is 16.5. The molecule has 0 radical (unpaired) electrons. The summed E-state index contributed by atoms with van der Waals surface area (Å²) in [7, 11) is 1.37. The smallest absolute Gasteiger partial charge is 0.314 e. The van der Waals surface area contributed by atoms with E-state index in [-0.39, 0.29) is 23.7 Å². The molecule has 0 aromatic rings. The van der Waals surface area contributed by atoms with Crippen molar-refractivity contribution in [3.05, 3.63) is 0 Å². The lowest BCUT2D eigenvalue weighted by Gasteiger charge is -2.37. The number of nitrogens with two attached hydrogens (primary N) is 1. The normalized spacial score (nSPS) is 26.3. The molecule has 1 unspecified atom stereocenters. The fourth-order valence-electron chi connectivity index (χ4n) is 3.17. The van der Waals surface area contributed by atoms with Gasteiger partial charge in [0.15, 0.2) is 0 Å². The summed E-state index contributed by atoms with van der Waals surface area (Å²) in [6.07, 6.45) is 3.11. The van der Waals surface area contributed by atoms with Crippen LogP contribution in [0.4, 0.5) is 4.79 Å². The summed E-state index contributed by atoms with van der Waals surface area (Å²) in [5.74, 6) is -0.671. The molecule has 0 saturated carbocycles. The van der Waals surface area contributed by atoms with Gasteiger partial charge in [0.2, 0.25) is 5.91 Å². The number of ether oxygens (including phenoxy) is 1. The number of hydrogen-bond donors (Lipinski definition) is 1. The highest BCUT2D eigenvalue weighted by Crippen LogP contribution is 2.23. The van der Waals surface area contributed by atoms with Crippen LogP contribution in [-0.4, -0.2) is 61.0 Å². The lowest BCUT2D eigenvalue weighted by molar-refractivity contribution is -0.150. The third kappa shape index (κ3) is 3.65. The Bertz CT molecular complexity index is 426. The zero-order valence-corrected chi connectivity index (χ0v) is 12.4. The molecule has 2 aliphatic rings. The molecule has 2 heterocycles. The first-order valence-electron chi connectivity index (χ1n) is 7.44. The minimum Gasteiger partial charge on any atom is -0.469 e. The van der Waals surface area contributed by atoms with Gasteiger partial charge in [0.1, 0.15) is 0 Å². The maximum Gasteiger partial charge on any atom is 0.314 e. The molecule has 2 N–H and O–H groups in total. The highest BCUT2D eigenvalue weighted by Gasteiger charge is 2.34. The quantitative estimate of drug-likeness (QED) is 0.736. The van der Waals surface area contributed by atoms with Gasteiger partial charge in [0, 0.05) is 26.2 Å². The molecule has 0 aromatic carbocycles. The topological polar surface area (TPSA) is 92.9 Å². The van der Waals surface area contributed by atoms with Gasteiger partial charge in [-0.3, -0.25) is 9.59 Å². The fourth-order valence-corrected chi connectivity index (χ4v) is 3.17. The number of esters is 1. The van der Waals surface area contributed by atoms with Gasteiger partial charge in [-0.2, -0.15) is 0 Å². The second-order valence-corrected chi connectivity index (χ2v) is 5.77. The van der Waals surface area contributed by atoms with Crippen molar-refractivity contribution in [2.24, 2.45) is 17.6 Å². The van der Waals surface area contributed by atoms with Gasteiger partial charge in [-0.05, 0) is 25.7 Å². The molecule has 3 amide bonds. The predicted molar refractivity (Wildman–Crippen MR) is 75.2 cm³/mol. The Balaban J connectivity index is 1.95. The van der Waals surface area contributed by atoms with E-state index in [0.717, 1.165) is 25.7 Å². The van der Waals surface area contributed by atoms with Crippen molar-refractivity contribution >= 4 is 17.9 Å². The molecule has 118 valence electrons. The molecule has 0 spiro atoms. The molecule has 0 aliphatic carbocycles. The third-order valence-corrected chi connectivity index (χ3v) is 4.35. The number of nitrogens with zero attached hydrogens (tertiary/aromatic N) is 2. The number of rotatable bonds is 2. The van der Waals surface area contributed by atoms with Gasteiger partial charge < -0.3 is 20.3 Å². The maximum atomic E-state index is 12.6. The molecule has 0 aromatic heterocycles. The maximum absolute atomic E-state index is 12.6. The van der Waals surface area contributed by atoms with E-state index in [4.69, 9.17) is 10.5 Å². The van der Waals surface area contributed by atoms with Crippen LogP contribution < -0.4 is 5.73 Å². The zero-order chi connectivity index (χ0) is 15.4. The molecule has 2 rings (SSSR count). The summed E-state index contributed by atoms with van der Waals surface area (Å²) < 4.78 is 4.77. The standard InChI is InChI=1S/C14H23N3O4/c1-21-13(19)11-5-3-6-16(9-11)12(18)10-4-2-7-17(8-10)14(15)20/h10-11H,2-9H2,1H3,(H2,15,20)/t10?,11-/m0/s1. The first-order valence-corrected chi connectivity index (χ1v) is 7.44. The number of urea groups is 1. The van der Waals surface area contributed by atoms with E-state index >= 15 is 0 Å². The highest BCUT2D eigenvalue weighted by molar-refractivity contribution is 5.82. The van der Waals surface area contributed by atoms with Gasteiger partial charge >= 0.3 is 12.0 Å². The lowest BCUT2D eigenvalue weighted by Crippen LogP contribution is -2.50. The van der Waals surface area contributed by atoms with E-state index in [2.05, 4.69) is 0 Å². The number of primary amides is 1. The van der Waals surface area contributed by atoms with Gasteiger partial charge in [-0.15, -0.1) is 0 Å². The average molecular weight is 297 g/mol. The van der Waals surface area contributed by atoms with Crippen molar-refractivity contribution in [3.8, 4) is 0 Å². The third-order valence-electron chi connectivity index (χ3n) is 4.35. The number of carbonyl (C=O) groups is 3. The molecular formula is C14H23N3O4. The van der Waals surface area contributed by atoms with Crippen LogP contribution in [0.25, 0.3) is 0 Å². The van der Waals surface area contributed by atoms with Crippen LogP contribution in [-0.2, 0) is 14.3 Å². The number of methoxy groups -OCH3 is 1. The SMILES string of the molecule is COC(=O)[C@H]1CCCN(C(=O)C2CCCN(C(N)=O)C2)C1. The van der Waals surface area contributed by atoms with E-state index in [9.17, 15) is 14.4 Å². The summed E-state index contributed by atoms with van der Waals surface area (Å²) in [6, 6.07) is -0.474. The Hall–Kier alpha value is -1.79. The van der Waals surface area contributed by atoms with Crippen molar-refractivity contribution in [3.63, 3.8) is 0 Å². The molecule has 21 heavy (non-hydrogen) atoms. The summed E-state index contributed by atoms with van der Waals surface area (Å²) in [4.78, 5) is 38.7. The minimum atomic E-state index is -0.474. The van der Waals surface area contributed by atoms with Crippen LogP contribution >= 0.6 is 0 Å².